The lowest BCUT2D eigenvalue weighted by molar-refractivity contribution is 0.000226. The lowest BCUT2D eigenvalue weighted by atomic mass is 10.0. The zero-order chi connectivity index (χ0) is 13.8. The highest BCUT2D eigenvalue weighted by Gasteiger charge is 2.25. The molecule has 1 aromatic carbocycles. The monoisotopic (exact) mass is 278 g/mol. The molecule has 2 fully saturated rings. The van der Waals surface area contributed by atoms with Crippen molar-refractivity contribution in [2.75, 3.05) is 39.4 Å². The Morgan fingerprint density at radius 1 is 1.10 bits per heavy atom. The number of hydrogen-bond donors (Lipinski definition) is 0. The van der Waals surface area contributed by atoms with Gasteiger partial charge in [-0.1, -0.05) is 12.1 Å². The van der Waals surface area contributed by atoms with Crippen molar-refractivity contribution in [1.29, 1.82) is 0 Å². The third kappa shape index (κ3) is 3.57. The molecule has 0 amide bonds. The summed E-state index contributed by atoms with van der Waals surface area (Å²) in [5.74, 6) is -0.134. The molecular formula is C16H23FN2O. The standard InChI is InChI=1S/C16H23FN2O/c17-15-3-1-2-14(12-15)13-18-6-4-16(5-7-18)19-8-10-20-11-9-19/h1-3,12,16H,4-11,13H2. The Morgan fingerprint density at radius 2 is 1.85 bits per heavy atom. The number of likely N-dealkylation sites (tertiary alicyclic amines) is 1. The van der Waals surface area contributed by atoms with Crippen molar-refractivity contribution in [3.8, 4) is 0 Å². The molecule has 20 heavy (non-hydrogen) atoms. The van der Waals surface area contributed by atoms with Crippen LogP contribution in [0.1, 0.15) is 18.4 Å². The Morgan fingerprint density at radius 3 is 2.55 bits per heavy atom. The smallest absolute Gasteiger partial charge is 0.123 e. The number of hydrogen-bond acceptors (Lipinski definition) is 3. The van der Waals surface area contributed by atoms with Crippen molar-refractivity contribution in [3.63, 3.8) is 0 Å². The summed E-state index contributed by atoms with van der Waals surface area (Å²) in [5, 5.41) is 0. The van der Waals surface area contributed by atoms with Crippen LogP contribution in [0.4, 0.5) is 4.39 Å². The number of piperidine rings is 1. The minimum Gasteiger partial charge on any atom is -0.379 e. The molecule has 0 aliphatic carbocycles. The maximum absolute atomic E-state index is 13.2. The predicted octanol–water partition coefficient (Wildman–Crippen LogP) is 2.12. The van der Waals surface area contributed by atoms with Gasteiger partial charge in [-0.2, -0.15) is 0 Å². The van der Waals surface area contributed by atoms with Crippen LogP contribution in [-0.2, 0) is 11.3 Å². The number of morpholine rings is 1. The van der Waals surface area contributed by atoms with E-state index < -0.39 is 0 Å². The lowest BCUT2D eigenvalue weighted by Crippen LogP contribution is -2.48. The van der Waals surface area contributed by atoms with Crippen LogP contribution in [0.5, 0.6) is 0 Å². The van der Waals surface area contributed by atoms with Crippen molar-refractivity contribution >= 4 is 0 Å². The van der Waals surface area contributed by atoms with Gasteiger partial charge in [-0.3, -0.25) is 9.80 Å². The highest BCUT2D eigenvalue weighted by Crippen LogP contribution is 2.19. The Balaban J connectivity index is 1.48. The van der Waals surface area contributed by atoms with Crippen molar-refractivity contribution in [2.45, 2.75) is 25.4 Å². The highest BCUT2D eigenvalue weighted by molar-refractivity contribution is 5.16. The van der Waals surface area contributed by atoms with Crippen LogP contribution in [0.3, 0.4) is 0 Å². The van der Waals surface area contributed by atoms with Gasteiger partial charge in [0.05, 0.1) is 13.2 Å². The van der Waals surface area contributed by atoms with E-state index >= 15 is 0 Å². The maximum atomic E-state index is 13.2. The summed E-state index contributed by atoms with van der Waals surface area (Å²) in [7, 11) is 0. The molecule has 0 N–H and O–H groups in total. The van der Waals surface area contributed by atoms with Gasteiger partial charge in [0.25, 0.3) is 0 Å². The Hall–Kier alpha value is -0.970. The van der Waals surface area contributed by atoms with E-state index in [-0.39, 0.29) is 5.82 Å². The Labute approximate surface area is 120 Å². The fourth-order valence-electron chi connectivity index (χ4n) is 3.28. The quantitative estimate of drug-likeness (QED) is 0.842. The van der Waals surface area contributed by atoms with E-state index in [1.165, 1.54) is 18.9 Å². The van der Waals surface area contributed by atoms with E-state index in [2.05, 4.69) is 9.80 Å². The van der Waals surface area contributed by atoms with Gasteiger partial charge in [-0.15, -0.1) is 0 Å². The van der Waals surface area contributed by atoms with Crippen molar-refractivity contribution < 1.29 is 9.13 Å². The molecule has 0 aromatic heterocycles. The number of benzene rings is 1. The molecule has 0 unspecified atom stereocenters. The summed E-state index contributed by atoms with van der Waals surface area (Å²) in [6, 6.07) is 7.67. The van der Waals surface area contributed by atoms with Gasteiger partial charge in [-0.25, -0.2) is 4.39 Å². The second kappa shape index (κ2) is 6.66. The molecule has 110 valence electrons. The van der Waals surface area contributed by atoms with Gasteiger partial charge in [0.1, 0.15) is 5.82 Å². The summed E-state index contributed by atoms with van der Waals surface area (Å²) in [4.78, 5) is 5.01. The van der Waals surface area contributed by atoms with E-state index in [0.717, 1.165) is 51.5 Å². The van der Waals surface area contributed by atoms with Gasteiger partial charge >= 0.3 is 0 Å². The molecule has 0 atom stereocenters. The van der Waals surface area contributed by atoms with Crippen LogP contribution < -0.4 is 0 Å². The molecule has 2 aliphatic rings. The van der Waals surface area contributed by atoms with Crippen molar-refractivity contribution in [2.24, 2.45) is 0 Å². The molecule has 2 saturated heterocycles. The average Bonchev–Trinajstić information content (AvgIpc) is 2.49. The third-order valence-corrected chi connectivity index (χ3v) is 4.41. The topological polar surface area (TPSA) is 15.7 Å². The molecule has 0 radical (unpaired) electrons. The van der Waals surface area contributed by atoms with Crippen LogP contribution in [0.2, 0.25) is 0 Å². The molecule has 0 spiro atoms. The minimum atomic E-state index is -0.134. The zero-order valence-corrected chi connectivity index (χ0v) is 11.9. The van der Waals surface area contributed by atoms with Gasteiger partial charge in [0, 0.05) is 25.7 Å². The Bertz CT molecular complexity index is 426. The first-order valence-electron chi connectivity index (χ1n) is 7.60. The van der Waals surface area contributed by atoms with Crippen LogP contribution in [0, 0.1) is 5.82 Å². The molecule has 2 heterocycles. The first kappa shape index (κ1) is 14.0. The first-order valence-corrected chi connectivity index (χ1v) is 7.60. The molecule has 2 aliphatic heterocycles. The van der Waals surface area contributed by atoms with Gasteiger partial charge in [0.15, 0.2) is 0 Å². The Kier molecular flexibility index (Phi) is 4.65. The summed E-state index contributed by atoms with van der Waals surface area (Å²) >= 11 is 0. The second-order valence-electron chi connectivity index (χ2n) is 5.79. The van der Waals surface area contributed by atoms with Crippen molar-refractivity contribution in [3.05, 3.63) is 35.6 Å². The SMILES string of the molecule is Fc1cccc(CN2CCC(N3CCOCC3)CC2)c1. The summed E-state index contributed by atoms with van der Waals surface area (Å²) in [6.07, 6.45) is 2.44. The summed E-state index contributed by atoms with van der Waals surface area (Å²) in [5.41, 5.74) is 1.08. The predicted molar refractivity (Wildman–Crippen MR) is 77.1 cm³/mol. The van der Waals surface area contributed by atoms with Crippen LogP contribution >= 0.6 is 0 Å². The van der Waals surface area contributed by atoms with Crippen LogP contribution in [-0.4, -0.2) is 55.2 Å². The van der Waals surface area contributed by atoms with E-state index in [0.29, 0.717) is 6.04 Å². The molecule has 3 rings (SSSR count). The van der Waals surface area contributed by atoms with E-state index in [9.17, 15) is 4.39 Å². The molecular weight excluding hydrogens is 255 g/mol. The second-order valence-corrected chi connectivity index (χ2v) is 5.79. The molecule has 0 bridgehead atoms. The number of ether oxygens (including phenoxy) is 1. The summed E-state index contributed by atoms with van der Waals surface area (Å²) < 4.78 is 18.6. The van der Waals surface area contributed by atoms with E-state index in [1.54, 1.807) is 12.1 Å². The third-order valence-electron chi connectivity index (χ3n) is 4.41. The molecule has 3 nitrogen and oxygen atoms in total. The largest absolute Gasteiger partial charge is 0.379 e. The fourth-order valence-corrected chi connectivity index (χ4v) is 3.28. The zero-order valence-electron chi connectivity index (χ0n) is 11.9. The highest BCUT2D eigenvalue weighted by atomic mass is 19.1. The molecule has 1 aromatic rings. The molecule has 4 heteroatoms. The number of nitrogens with zero attached hydrogens (tertiary/aromatic N) is 2. The van der Waals surface area contributed by atoms with E-state index in [4.69, 9.17) is 4.74 Å². The normalized spacial score (nSPS) is 23.1. The summed E-state index contributed by atoms with van der Waals surface area (Å²) in [6.45, 7) is 7.00. The van der Waals surface area contributed by atoms with Crippen LogP contribution in [0.25, 0.3) is 0 Å². The number of rotatable bonds is 3. The average molecular weight is 278 g/mol. The lowest BCUT2D eigenvalue weighted by Gasteiger charge is -2.40. The number of halogens is 1. The van der Waals surface area contributed by atoms with Gasteiger partial charge in [0.2, 0.25) is 0 Å². The van der Waals surface area contributed by atoms with Gasteiger partial charge < -0.3 is 4.74 Å². The van der Waals surface area contributed by atoms with Crippen molar-refractivity contribution in [1.82, 2.24) is 9.80 Å². The van der Waals surface area contributed by atoms with E-state index in [1.807, 2.05) is 6.07 Å². The minimum absolute atomic E-state index is 0.134. The first-order chi connectivity index (χ1) is 9.81. The van der Waals surface area contributed by atoms with Gasteiger partial charge in [-0.05, 0) is 43.6 Å². The fraction of sp³-hybridized carbons (Fsp3) is 0.625. The maximum Gasteiger partial charge on any atom is 0.123 e. The molecule has 0 saturated carbocycles. The van der Waals surface area contributed by atoms with Crippen LogP contribution in [0.15, 0.2) is 24.3 Å².